The first-order valence-corrected chi connectivity index (χ1v) is 6.36. The monoisotopic (exact) mass is 206 g/mol. The molecule has 0 saturated heterocycles. The van der Waals surface area contributed by atoms with Gasteiger partial charge < -0.3 is 5.11 Å². The zero-order chi connectivity index (χ0) is 10.1. The molecule has 0 radical (unpaired) electrons. The van der Waals surface area contributed by atoms with Gasteiger partial charge in [-0.25, -0.2) is 8.42 Å². The van der Waals surface area contributed by atoms with Crippen LogP contribution in [-0.4, -0.2) is 23.7 Å². The number of hydrogen-bond acceptors (Lipinski definition) is 3. The smallest absolute Gasteiger partial charge is 0.181 e. The van der Waals surface area contributed by atoms with Crippen molar-refractivity contribution < 1.29 is 13.5 Å². The normalized spacial score (nSPS) is 21.8. The molecule has 0 heterocycles. The minimum atomic E-state index is -3.34. The third-order valence-corrected chi connectivity index (χ3v) is 5.43. The van der Waals surface area contributed by atoms with Crippen molar-refractivity contribution in [3.05, 3.63) is 0 Å². The van der Waals surface area contributed by atoms with Crippen LogP contribution < -0.4 is 0 Å². The molecule has 0 amide bonds. The molecule has 0 aromatic rings. The van der Waals surface area contributed by atoms with E-state index in [1.54, 1.807) is 0 Å². The summed E-state index contributed by atoms with van der Waals surface area (Å²) in [4.78, 5) is -1.57. The van der Waals surface area contributed by atoms with E-state index in [9.17, 15) is 13.5 Å². The zero-order valence-corrected chi connectivity index (χ0v) is 9.10. The number of aliphatic hydroxyl groups is 1. The van der Waals surface area contributed by atoms with E-state index in [1.807, 2.05) is 0 Å². The van der Waals surface area contributed by atoms with Crippen LogP contribution in [0.15, 0.2) is 0 Å². The second kappa shape index (κ2) is 3.58. The standard InChI is InChI=1S/C9H18O3S/c1-9(2,10)13(11,12)8-6-4-3-5-7-8/h8,10H,3-7H2,1-2H3. The summed E-state index contributed by atoms with van der Waals surface area (Å²) in [5.74, 6) is 0. The van der Waals surface area contributed by atoms with E-state index >= 15 is 0 Å². The fourth-order valence-electron chi connectivity index (χ4n) is 1.78. The second-order valence-corrected chi connectivity index (χ2v) is 7.01. The van der Waals surface area contributed by atoms with E-state index in [1.165, 1.54) is 13.8 Å². The van der Waals surface area contributed by atoms with Crippen molar-refractivity contribution in [2.24, 2.45) is 0 Å². The Morgan fingerprint density at radius 3 is 2.00 bits per heavy atom. The summed E-state index contributed by atoms with van der Waals surface area (Å²) in [5, 5.41) is 9.19. The zero-order valence-electron chi connectivity index (χ0n) is 8.28. The van der Waals surface area contributed by atoms with Gasteiger partial charge in [0.15, 0.2) is 14.8 Å². The van der Waals surface area contributed by atoms with Crippen LogP contribution in [0.2, 0.25) is 0 Å². The quantitative estimate of drug-likeness (QED) is 0.744. The molecule has 0 spiro atoms. The molecule has 1 rings (SSSR count). The van der Waals surface area contributed by atoms with Gasteiger partial charge in [0.2, 0.25) is 0 Å². The van der Waals surface area contributed by atoms with Crippen molar-refractivity contribution >= 4 is 9.84 Å². The number of sulfone groups is 1. The van der Waals surface area contributed by atoms with Crippen LogP contribution in [0.3, 0.4) is 0 Å². The average molecular weight is 206 g/mol. The first-order chi connectivity index (χ1) is 5.86. The van der Waals surface area contributed by atoms with Gasteiger partial charge in [0.1, 0.15) is 0 Å². The van der Waals surface area contributed by atoms with Crippen LogP contribution >= 0.6 is 0 Å². The average Bonchev–Trinajstić information content (AvgIpc) is 2.04. The van der Waals surface area contributed by atoms with Crippen molar-refractivity contribution in [3.63, 3.8) is 0 Å². The molecule has 0 aliphatic heterocycles. The Labute approximate surface area is 80.1 Å². The van der Waals surface area contributed by atoms with Gasteiger partial charge in [-0.2, -0.15) is 0 Å². The molecule has 1 aliphatic rings. The van der Waals surface area contributed by atoms with Gasteiger partial charge >= 0.3 is 0 Å². The van der Waals surface area contributed by atoms with E-state index in [0.29, 0.717) is 12.8 Å². The maximum Gasteiger partial charge on any atom is 0.181 e. The van der Waals surface area contributed by atoms with E-state index < -0.39 is 14.8 Å². The molecular formula is C9H18O3S. The SMILES string of the molecule is CC(C)(O)S(=O)(=O)C1CCCCC1. The molecule has 0 aromatic carbocycles. The van der Waals surface area contributed by atoms with E-state index in [-0.39, 0.29) is 5.25 Å². The predicted molar refractivity (Wildman–Crippen MR) is 52.1 cm³/mol. The first kappa shape index (κ1) is 11.0. The van der Waals surface area contributed by atoms with Crippen LogP contribution in [0, 0.1) is 0 Å². The molecule has 0 bridgehead atoms. The third-order valence-electron chi connectivity index (χ3n) is 2.69. The Kier molecular flexibility index (Phi) is 3.02. The van der Waals surface area contributed by atoms with Gasteiger partial charge in [0.05, 0.1) is 5.25 Å². The molecule has 1 fully saturated rings. The molecule has 0 aromatic heterocycles. The highest BCUT2D eigenvalue weighted by Gasteiger charge is 2.39. The number of rotatable bonds is 2. The van der Waals surface area contributed by atoms with Crippen LogP contribution in [0.5, 0.6) is 0 Å². The van der Waals surface area contributed by atoms with Crippen LogP contribution in [0.1, 0.15) is 46.0 Å². The van der Waals surface area contributed by atoms with E-state index in [2.05, 4.69) is 0 Å². The fraction of sp³-hybridized carbons (Fsp3) is 1.00. The molecule has 78 valence electrons. The lowest BCUT2D eigenvalue weighted by Crippen LogP contribution is -2.40. The molecular weight excluding hydrogens is 188 g/mol. The van der Waals surface area contributed by atoms with Crippen molar-refractivity contribution in [2.45, 2.75) is 56.1 Å². The summed E-state index contributed by atoms with van der Waals surface area (Å²) in [5.41, 5.74) is 0. The van der Waals surface area contributed by atoms with Gasteiger partial charge in [0.25, 0.3) is 0 Å². The largest absolute Gasteiger partial charge is 0.375 e. The lowest BCUT2D eigenvalue weighted by molar-refractivity contribution is 0.162. The van der Waals surface area contributed by atoms with E-state index in [4.69, 9.17) is 0 Å². The first-order valence-electron chi connectivity index (χ1n) is 4.81. The Morgan fingerprint density at radius 2 is 1.62 bits per heavy atom. The summed E-state index contributed by atoms with van der Waals surface area (Å²) < 4.78 is 23.5. The Balaban J connectivity index is 2.80. The number of hydrogen-bond donors (Lipinski definition) is 1. The van der Waals surface area contributed by atoms with Crippen molar-refractivity contribution in [1.29, 1.82) is 0 Å². The maximum atomic E-state index is 11.8. The Bertz CT molecular complexity index is 255. The summed E-state index contributed by atoms with van der Waals surface area (Å²) in [6, 6.07) is 0. The van der Waals surface area contributed by atoms with Crippen LogP contribution in [0.4, 0.5) is 0 Å². The molecule has 0 unspecified atom stereocenters. The highest BCUT2D eigenvalue weighted by atomic mass is 32.2. The fourth-order valence-corrected chi connectivity index (χ4v) is 3.55. The van der Waals surface area contributed by atoms with Crippen LogP contribution in [-0.2, 0) is 9.84 Å². The predicted octanol–water partition coefficient (Wildman–Crippen LogP) is 1.46. The summed E-state index contributed by atoms with van der Waals surface area (Å²) in [6.07, 6.45) is 4.50. The van der Waals surface area contributed by atoms with Crippen molar-refractivity contribution in [2.75, 3.05) is 0 Å². The minimum Gasteiger partial charge on any atom is -0.375 e. The summed E-state index contributed by atoms with van der Waals surface area (Å²) >= 11 is 0. The highest BCUT2D eigenvalue weighted by Crippen LogP contribution is 2.29. The van der Waals surface area contributed by atoms with E-state index in [0.717, 1.165) is 19.3 Å². The summed E-state index contributed by atoms with van der Waals surface area (Å²) in [7, 11) is -3.34. The third kappa shape index (κ3) is 2.23. The molecule has 1 N–H and O–H groups in total. The van der Waals surface area contributed by atoms with Gasteiger partial charge in [-0.05, 0) is 26.7 Å². The van der Waals surface area contributed by atoms with Gasteiger partial charge in [0, 0.05) is 0 Å². The van der Waals surface area contributed by atoms with Crippen molar-refractivity contribution in [1.82, 2.24) is 0 Å². The van der Waals surface area contributed by atoms with Gasteiger partial charge in [-0.3, -0.25) is 0 Å². The van der Waals surface area contributed by atoms with Crippen molar-refractivity contribution in [3.8, 4) is 0 Å². The molecule has 3 nitrogen and oxygen atoms in total. The lowest BCUT2D eigenvalue weighted by atomic mass is 10.0. The Hall–Kier alpha value is -0.0900. The topological polar surface area (TPSA) is 54.4 Å². The Morgan fingerprint density at radius 1 is 1.15 bits per heavy atom. The molecule has 13 heavy (non-hydrogen) atoms. The molecule has 4 heteroatoms. The molecule has 1 aliphatic carbocycles. The lowest BCUT2D eigenvalue weighted by Gasteiger charge is -2.28. The minimum absolute atomic E-state index is 0.318. The molecule has 0 atom stereocenters. The van der Waals surface area contributed by atoms with Crippen LogP contribution in [0.25, 0.3) is 0 Å². The maximum absolute atomic E-state index is 11.8. The summed E-state index contributed by atoms with van der Waals surface area (Å²) in [6.45, 7) is 2.72. The highest BCUT2D eigenvalue weighted by molar-refractivity contribution is 7.93. The second-order valence-electron chi connectivity index (χ2n) is 4.25. The van der Waals surface area contributed by atoms with Gasteiger partial charge in [-0.15, -0.1) is 0 Å². The molecule has 1 saturated carbocycles. The van der Waals surface area contributed by atoms with Gasteiger partial charge in [-0.1, -0.05) is 19.3 Å².